The van der Waals surface area contributed by atoms with Crippen LogP contribution >= 0.6 is 27.3 Å². The van der Waals surface area contributed by atoms with Gasteiger partial charge in [0.15, 0.2) is 0 Å². The van der Waals surface area contributed by atoms with Gasteiger partial charge in [-0.25, -0.2) is 0 Å². The summed E-state index contributed by atoms with van der Waals surface area (Å²) < 4.78 is 1.26. The summed E-state index contributed by atoms with van der Waals surface area (Å²) in [4.78, 5) is 1.53. The molecule has 1 saturated carbocycles. The minimum Gasteiger partial charge on any atom is -0.314 e. The fourth-order valence-corrected chi connectivity index (χ4v) is 4.55. The fraction of sp³-hybridized carbons (Fsp3) is 0.714. The molecule has 1 aromatic heterocycles. The van der Waals surface area contributed by atoms with E-state index in [1.807, 2.05) is 11.3 Å². The van der Waals surface area contributed by atoms with E-state index < -0.39 is 0 Å². The monoisotopic (exact) mass is 315 g/mol. The molecule has 0 aliphatic heterocycles. The molecular formula is C14H22BrNS. The molecule has 2 rings (SSSR count). The average molecular weight is 316 g/mol. The van der Waals surface area contributed by atoms with Crippen LogP contribution in [0.25, 0.3) is 0 Å². The smallest absolute Gasteiger partial charge is 0.0701 e. The summed E-state index contributed by atoms with van der Waals surface area (Å²) in [5.41, 5.74) is 0. The van der Waals surface area contributed by atoms with Gasteiger partial charge in [-0.05, 0) is 72.1 Å². The SMILES string of the molecule is CCNC1CCC(C)CC1Cc1ccc(Br)s1. The first-order valence-electron chi connectivity index (χ1n) is 6.66. The molecule has 3 unspecified atom stereocenters. The van der Waals surface area contributed by atoms with E-state index in [9.17, 15) is 0 Å². The van der Waals surface area contributed by atoms with Crippen molar-refractivity contribution in [2.75, 3.05) is 6.54 Å². The first-order chi connectivity index (χ1) is 8.19. The maximum absolute atomic E-state index is 3.68. The Balaban J connectivity index is 1.99. The Labute approximate surface area is 117 Å². The van der Waals surface area contributed by atoms with Gasteiger partial charge in [0.2, 0.25) is 0 Å². The Kier molecular flexibility index (Phi) is 5.07. The van der Waals surface area contributed by atoms with E-state index in [2.05, 4.69) is 47.2 Å². The fourth-order valence-electron chi connectivity index (χ4n) is 2.98. The Morgan fingerprint density at radius 2 is 2.24 bits per heavy atom. The molecule has 1 N–H and O–H groups in total. The van der Waals surface area contributed by atoms with E-state index in [4.69, 9.17) is 0 Å². The first kappa shape index (κ1) is 13.6. The van der Waals surface area contributed by atoms with Crippen molar-refractivity contribution in [2.24, 2.45) is 11.8 Å². The maximum Gasteiger partial charge on any atom is 0.0701 e. The molecule has 0 saturated heterocycles. The molecule has 0 bridgehead atoms. The van der Waals surface area contributed by atoms with Crippen LogP contribution in [0.3, 0.4) is 0 Å². The van der Waals surface area contributed by atoms with E-state index in [-0.39, 0.29) is 0 Å². The van der Waals surface area contributed by atoms with Crippen LogP contribution in [-0.4, -0.2) is 12.6 Å². The lowest BCUT2D eigenvalue weighted by molar-refractivity contribution is 0.215. The van der Waals surface area contributed by atoms with Crippen molar-refractivity contribution in [1.82, 2.24) is 5.32 Å². The van der Waals surface area contributed by atoms with Crippen LogP contribution in [0.2, 0.25) is 0 Å². The van der Waals surface area contributed by atoms with E-state index in [1.165, 1.54) is 34.3 Å². The second kappa shape index (κ2) is 6.35. The van der Waals surface area contributed by atoms with Gasteiger partial charge < -0.3 is 5.32 Å². The Morgan fingerprint density at radius 3 is 2.88 bits per heavy atom. The molecule has 96 valence electrons. The third-order valence-corrected chi connectivity index (χ3v) is 5.45. The summed E-state index contributed by atoms with van der Waals surface area (Å²) in [5.74, 6) is 1.72. The summed E-state index contributed by atoms with van der Waals surface area (Å²) >= 11 is 5.45. The second-order valence-electron chi connectivity index (χ2n) is 5.25. The van der Waals surface area contributed by atoms with Crippen LogP contribution in [0.1, 0.15) is 38.0 Å². The summed E-state index contributed by atoms with van der Waals surface area (Å²) in [6.07, 6.45) is 5.37. The third kappa shape index (κ3) is 3.80. The molecule has 3 atom stereocenters. The van der Waals surface area contributed by atoms with Gasteiger partial charge in [-0.15, -0.1) is 11.3 Å². The van der Waals surface area contributed by atoms with Crippen LogP contribution in [0.5, 0.6) is 0 Å². The average Bonchev–Trinajstić information content (AvgIpc) is 2.68. The normalized spacial score (nSPS) is 29.5. The molecule has 1 aliphatic carbocycles. The highest BCUT2D eigenvalue weighted by molar-refractivity contribution is 9.11. The minimum atomic E-state index is 0.733. The summed E-state index contributed by atoms with van der Waals surface area (Å²) in [6, 6.07) is 5.18. The first-order valence-corrected chi connectivity index (χ1v) is 8.27. The largest absolute Gasteiger partial charge is 0.314 e. The maximum atomic E-state index is 3.68. The van der Waals surface area contributed by atoms with Crippen LogP contribution in [0.15, 0.2) is 15.9 Å². The standard InChI is InChI=1S/C14H22BrNS/c1-3-16-13-6-4-10(2)8-11(13)9-12-5-7-14(15)17-12/h5,7,10-11,13,16H,3-4,6,8-9H2,1-2H3. The minimum absolute atomic E-state index is 0.733. The van der Waals surface area contributed by atoms with Gasteiger partial charge in [0.25, 0.3) is 0 Å². The zero-order valence-corrected chi connectivity index (χ0v) is 13.1. The zero-order chi connectivity index (χ0) is 12.3. The molecule has 0 amide bonds. The van der Waals surface area contributed by atoms with E-state index in [0.717, 1.165) is 24.4 Å². The molecule has 0 radical (unpaired) electrons. The molecular weight excluding hydrogens is 294 g/mol. The quantitative estimate of drug-likeness (QED) is 0.864. The number of halogens is 1. The lowest BCUT2D eigenvalue weighted by Crippen LogP contribution is -2.41. The van der Waals surface area contributed by atoms with Crippen molar-refractivity contribution in [1.29, 1.82) is 0 Å². The molecule has 1 fully saturated rings. The van der Waals surface area contributed by atoms with Gasteiger partial charge in [0.1, 0.15) is 0 Å². The van der Waals surface area contributed by atoms with Gasteiger partial charge in [0.05, 0.1) is 3.79 Å². The summed E-state index contributed by atoms with van der Waals surface area (Å²) in [6.45, 7) is 5.72. The molecule has 1 heterocycles. The number of hydrogen-bond acceptors (Lipinski definition) is 2. The van der Waals surface area contributed by atoms with E-state index in [1.54, 1.807) is 0 Å². The van der Waals surface area contributed by atoms with E-state index >= 15 is 0 Å². The predicted molar refractivity (Wildman–Crippen MR) is 79.7 cm³/mol. The Hall–Kier alpha value is 0.140. The lowest BCUT2D eigenvalue weighted by atomic mass is 9.77. The highest BCUT2D eigenvalue weighted by Gasteiger charge is 2.28. The van der Waals surface area contributed by atoms with Crippen LogP contribution < -0.4 is 5.32 Å². The van der Waals surface area contributed by atoms with Crippen molar-refractivity contribution >= 4 is 27.3 Å². The highest BCUT2D eigenvalue weighted by atomic mass is 79.9. The van der Waals surface area contributed by atoms with Gasteiger partial charge in [0, 0.05) is 10.9 Å². The highest BCUT2D eigenvalue weighted by Crippen LogP contribution is 2.33. The third-order valence-electron chi connectivity index (χ3n) is 3.80. The lowest BCUT2D eigenvalue weighted by Gasteiger charge is -2.35. The van der Waals surface area contributed by atoms with Crippen molar-refractivity contribution in [2.45, 2.75) is 45.6 Å². The number of hydrogen-bond donors (Lipinski definition) is 1. The Bertz CT molecular complexity index is 350. The van der Waals surface area contributed by atoms with Crippen molar-refractivity contribution in [3.05, 3.63) is 20.8 Å². The topological polar surface area (TPSA) is 12.0 Å². The number of nitrogens with one attached hydrogen (secondary N) is 1. The van der Waals surface area contributed by atoms with Crippen LogP contribution in [0.4, 0.5) is 0 Å². The van der Waals surface area contributed by atoms with Gasteiger partial charge >= 0.3 is 0 Å². The molecule has 1 aromatic rings. The molecule has 1 nitrogen and oxygen atoms in total. The van der Waals surface area contributed by atoms with Gasteiger partial charge in [-0.2, -0.15) is 0 Å². The molecule has 17 heavy (non-hydrogen) atoms. The number of thiophene rings is 1. The molecule has 1 aliphatic rings. The van der Waals surface area contributed by atoms with Crippen LogP contribution in [0, 0.1) is 11.8 Å². The molecule has 3 heteroatoms. The van der Waals surface area contributed by atoms with Crippen LogP contribution in [-0.2, 0) is 6.42 Å². The van der Waals surface area contributed by atoms with E-state index in [0.29, 0.717) is 0 Å². The van der Waals surface area contributed by atoms with Crippen molar-refractivity contribution in [3.63, 3.8) is 0 Å². The van der Waals surface area contributed by atoms with Gasteiger partial charge in [-0.1, -0.05) is 13.8 Å². The molecule has 0 aromatic carbocycles. The summed E-state index contributed by atoms with van der Waals surface area (Å²) in [5, 5.41) is 3.68. The van der Waals surface area contributed by atoms with Gasteiger partial charge in [-0.3, -0.25) is 0 Å². The molecule has 0 spiro atoms. The Morgan fingerprint density at radius 1 is 1.41 bits per heavy atom. The van der Waals surface area contributed by atoms with Crippen molar-refractivity contribution in [3.8, 4) is 0 Å². The zero-order valence-electron chi connectivity index (χ0n) is 10.7. The summed E-state index contributed by atoms with van der Waals surface area (Å²) in [7, 11) is 0. The van der Waals surface area contributed by atoms with Crippen molar-refractivity contribution < 1.29 is 0 Å². The number of rotatable bonds is 4. The second-order valence-corrected chi connectivity index (χ2v) is 7.80. The predicted octanol–water partition coefficient (Wildman–Crippen LogP) is 4.47.